The number of methoxy groups -OCH3 is 2. The molecule has 14 heteroatoms. The van der Waals surface area contributed by atoms with Gasteiger partial charge in [-0.25, -0.2) is 18.7 Å². The van der Waals surface area contributed by atoms with Gasteiger partial charge in [0.15, 0.2) is 0 Å². The molecule has 1 saturated heterocycles. The Labute approximate surface area is 225 Å². The van der Waals surface area contributed by atoms with E-state index in [2.05, 4.69) is 20.3 Å². The molecule has 1 fully saturated rings. The molecule has 2 atom stereocenters. The number of hydrogen-bond acceptors (Lipinski definition) is 8. The minimum atomic E-state index is -4.72. The van der Waals surface area contributed by atoms with Gasteiger partial charge in [0.1, 0.15) is 17.0 Å². The van der Waals surface area contributed by atoms with E-state index in [1.165, 1.54) is 18.4 Å². The van der Waals surface area contributed by atoms with Crippen molar-refractivity contribution in [3.63, 3.8) is 0 Å². The van der Waals surface area contributed by atoms with Gasteiger partial charge in [-0.05, 0) is 42.7 Å². The highest BCUT2D eigenvalue weighted by Gasteiger charge is 2.47. The van der Waals surface area contributed by atoms with Gasteiger partial charge in [0.05, 0.1) is 36.7 Å². The first-order chi connectivity index (χ1) is 18.3. The number of anilines is 1. The molecule has 1 N–H and O–H groups in total. The topological polar surface area (TPSA) is 89.5 Å². The number of aryl methyl sites for hydroxylation is 1. The molecule has 1 aliphatic heterocycles. The lowest BCUT2D eigenvalue weighted by molar-refractivity contribution is -0.139. The average molecular weight is 572 g/mol. The quantitative estimate of drug-likeness (QED) is 0.373. The highest BCUT2D eigenvalue weighted by molar-refractivity contribution is 7.15. The van der Waals surface area contributed by atoms with Crippen molar-refractivity contribution in [2.75, 3.05) is 32.6 Å². The summed E-state index contributed by atoms with van der Waals surface area (Å²) in [6.07, 6.45) is -4.61. The van der Waals surface area contributed by atoms with Gasteiger partial charge < -0.3 is 19.7 Å². The number of alkyl halides is 5. The molecule has 0 spiro atoms. The van der Waals surface area contributed by atoms with Gasteiger partial charge in [-0.2, -0.15) is 18.2 Å². The van der Waals surface area contributed by atoms with Crippen LogP contribution >= 0.6 is 11.3 Å². The largest absolute Gasteiger partial charge is 0.497 e. The predicted molar refractivity (Wildman–Crippen MR) is 134 cm³/mol. The maximum Gasteiger partial charge on any atom is 0.423 e. The van der Waals surface area contributed by atoms with Crippen LogP contribution in [0.3, 0.4) is 0 Å². The van der Waals surface area contributed by atoms with Crippen LogP contribution in [0.4, 0.5) is 27.9 Å². The molecule has 39 heavy (non-hydrogen) atoms. The van der Waals surface area contributed by atoms with Crippen LogP contribution in [-0.2, 0) is 6.18 Å². The number of hydrogen-bond donors (Lipinski definition) is 1. The third kappa shape index (κ3) is 6.21. The van der Waals surface area contributed by atoms with Gasteiger partial charge in [0, 0.05) is 19.2 Å². The van der Waals surface area contributed by atoms with E-state index in [0.717, 1.165) is 12.0 Å². The number of piperidine rings is 1. The molecule has 0 bridgehead atoms. The fourth-order valence-electron chi connectivity index (χ4n) is 4.52. The van der Waals surface area contributed by atoms with Gasteiger partial charge in [-0.3, -0.25) is 4.79 Å². The maximum absolute atomic E-state index is 14.7. The zero-order valence-electron chi connectivity index (χ0n) is 21.5. The number of likely N-dealkylation sites (tertiary alicyclic amines) is 1. The maximum atomic E-state index is 14.7. The Bertz CT molecular complexity index is 1330. The van der Waals surface area contributed by atoms with E-state index in [9.17, 15) is 26.7 Å². The summed E-state index contributed by atoms with van der Waals surface area (Å²) in [6, 6.07) is 6.20. The number of nitrogens with one attached hydrogen (secondary N) is 1. The average Bonchev–Trinajstić information content (AvgIpc) is 3.27. The van der Waals surface area contributed by atoms with Gasteiger partial charge in [-0.1, -0.05) is 6.92 Å². The molecule has 8 nitrogen and oxygen atoms in total. The van der Waals surface area contributed by atoms with Gasteiger partial charge in [0.25, 0.3) is 11.8 Å². The standard InChI is InChI=1S/C25H26F5N5O3S/c1-13-9-24(26,27)12-35(18(13)11-32-23-31-10-17(25(28,29)30)21(34-23)38-4)22(36)19-20(39-14(2)33-19)15-5-7-16(37-3)8-6-15/h5-8,10,13,18H,9,11-12H2,1-4H3,(H,31,32,34)/t13-,18-/m1/s1. The molecule has 0 saturated carbocycles. The molecular weight excluding hydrogens is 545 g/mol. The number of ether oxygens (including phenoxy) is 2. The Morgan fingerprint density at radius 2 is 1.87 bits per heavy atom. The first-order valence-electron chi connectivity index (χ1n) is 11.9. The SMILES string of the molecule is COc1ccc(-c2sc(C)nc2C(=O)N2CC(F)(F)C[C@@H](C)[C@H]2CNc2ncc(C(F)(F)F)c(OC)n2)cc1. The van der Waals surface area contributed by atoms with E-state index in [-0.39, 0.29) is 18.2 Å². The fourth-order valence-corrected chi connectivity index (χ4v) is 5.44. The molecule has 210 valence electrons. The van der Waals surface area contributed by atoms with Crippen LogP contribution in [0.2, 0.25) is 0 Å². The van der Waals surface area contributed by atoms with Crippen molar-refractivity contribution in [1.29, 1.82) is 0 Å². The third-order valence-corrected chi connectivity index (χ3v) is 7.37. The Morgan fingerprint density at radius 1 is 1.18 bits per heavy atom. The number of nitrogens with zero attached hydrogens (tertiary/aromatic N) is 4. The van der Waals surface area contributed by atoms with Crippen molar-refractivity contribution in [2.45, 2.75) is 38.4 Å². The van der Waals surface area contributed by atoms with Crippen molar-refractivity contribution < 1.29 is 36.2 Å². The monoisotopic (exact) mass is 571 g/mol. The number of rotatable bonds is 7. The normalized spacial score (nSPS) is 19.1. The van der Waals surface area contributed by atoms with Crippen molar-refractivity contribution in [3.05, 3.63) is 46.7 Å². The lowest BCUT2D eigenvalue weighted by atomic mass is 9.88. The molecule has 0 radical (unpaired) electrons. The molecule has 0 unspecified atom stereocenters. The number of halogens is 5. The van der Waals surface area contributed by atoms with E-state index in [1.807, 2.05) is 0 Å². The van der Waals surface area contributed by atoms with Gasteiger partial charge in [-0.15, -0.1) is 11.3 Å². The smallest absolute Gasteiger partial charge is 0.423 e. The van der Waals surface area contributed by atoms with Crippen LogP contribution in [0.25, 0.3) is 10.4 Å². The second-order valence-corrected chi connectivity index (χ2v) is 10.4. The minimum absolute atomic E-state index is 0.0463. The zero-order valence-corrected chi connectivity index (χ0v) is 22.3. The number of carbonyl (C=O) groups excluding carboxylic acids is 1. The Balaban J connectivity index is 1.62. The third-order valence-electron chi connectivity index (χ3n) is 6.35. The van der Waals surface area contributed by atoms with Gasteiger partial charge in [0.2, 0.25) is 11.8 Å². The van der Waals surface area contributed by atoms with E-state index < -0.39 is 54.4 Å². The molecule has 2 aromatic heterocycles. The molecule has 0 aliphatic carbocycles. The minimum Gasteiger partial charge on any atom is -0.497 e. The number of thiazole rings is 1. The predicted octanol–water partition coefficient (Wildman–Crippen LogP) is 5.54. The van der Waals surface area contributed by atoms with Gasteiger partial charge >= 0.3 is 6.18 Å². The molecule has 1 aromatic carbocycles. The highest BCUT2D eigenvalue weighted by Crippen LogP contribution is 2.38. The van der Waals surface area contributed by atoms with Crippen LogP contribution in [0.15, 0.2) is 30.5 Å². The summed E-state index contributed by atoms with van der Waals surface area (Å²) in [7, 11) is 2.57. The summed E-state index contributed by atoms with van der Waals surface area (Å²) < 4.78 is 78.8. The fraction of sp³-hybridized carbons (Fsp3) is 0.440. The Morgan fingerprint density at radius 3 is 2.49 bits per heavy atom. The van der Waals surface area contributed by atoms with Crippen molar-refractivity contribution in [2.24, 2.45) is 5.92 Å². The van der Waals surface area contributed by atoms with Crippen molar-refractivity contribution >= 4 is 23.2 Å². The van der Waals surface area contributed by atoms with E-state index in [0.29, 0.717) is 27.4 Å². The number of carbonyl (C=O) groups is 1. The van der Waals surface area contributed by atoms with Crippen LogP contribution in [0.1, 0.15) is 34.4 Å². The van der Waals surface area contributed by atoms with Crippen LogP contribution in [-0.4, -0.2) is 65.0 Å². The lowest BCUT2D eigenvalue weighted by Gasteiger charge is -2.43. The number of benzene rings is 1. The summed E-state index contributed by atoms with van der Waals surface area (Å²) in [6.45, 7) is 2.39. The summed E-state index contributed by atoms with van der Waals surface area (Å²) in [4.78, 5) is 27.2. The molecule has 3 heterocycles. The number of amides is 1. The summed E-state index contributed by atoms with van der Waals surface area (Å²) in [5.74, 6) is -4.73. The Kier molecular flexibility index (Phi) is 7.96. The molecule has 1 amide bonds. The molecule has 4 rings (SSSR count). The van der Waals surface area contributed by atoms with Crippen LogP contribution in [0.5, 0.6) is 11.6 Å². The summed E-state index contributed by atoms with van der Waals surface area (Å²) in [5, 5.41) is 3.37. The molecule has 1 aliphatic rings. The van der Waals surface area contributed by atoms with Crippen LogP contribution in [0, 0.1) is 12.8 Å². The van der Waals surface area contributed by atoms with E-state index in [4.69, 9.17) is 9.47 Å². The molecular formula is C25H26F5N5O3S. The Hall–Kier alpha value is -3.55. The van der Waals surface area contributed by atoms with Crippen molar-refractivity contribution in [1.82, 2.24) is 19.9 Å². The lowest BCUT2D eigenvalue weighted by Crippen LogP contribution is -2.57. The summed E-state index contributed by atoms with van der Waals surface area (Å²) >= 11 is 1.26. The zero-order chi connectivity index (χ0) is 28.5. The second kappa shape index (κ2) is 10.9. The second-order valence-electron chi connectivity index (χ2n) is 9.17. The first-order valence-corrected chi connectivity index (χ1v) is 12.7. The van der Waals surface area contributed by atoms with Crippen molar-refractivity contribution in [3.8, 4) is 22.1 Å². The number of aromatic nitrogens is 3. The highest BCUT2D eigenvalue weighted by atomic mass is 32.1. The summed E-state index contributed by atoms with van der Waals surface area (Å²) in [5.41, 5.74) is -0.422. The van der Waals surface area contributed by atoms with E-state index in [1.54, 1.807) is 38.1 Å². The first kappa shape index (κ1) is 28.5. The molecule has 3 aromatic rings. The van der Waals surface area contributed by atoms with E-state index >= 15 is 0 Å². The van der Waals surface area contributed by atoms with Crippen LogP contribution < -0.4 is 14.8 Å².